The summed E-state index contributed by atoms with van der Waals surface area (Å²) >= 11 is 4.55. The Hall–Kier alpha value is -3.41. The van der Waals surface area contributed by atoms with Gasteiger partial charge in [0.05, 0.1) is 5.25 Å². The predicted octanol–water partition coefficient (Wildman–Crippen LogP) is 5.96. The number of nitrogens with one attached hydrogen (secondary N) is 1. The molecule has 4 rings (SSSR count). The fourth-order valence-electron chi connectivity index (χ4n) is 3.48. The maximum Gasteiger partial charge on any atom is 0.269 e. The SMILES string of the molecule is Cc1ccc(NC(=O)/C(C#N)=C2\SC(Cc3ccc(F)cc3)C(=O)N2c2ccc(Br)cc2)cc1. The summed E-state index contributed by atoms with van der Waals surface area (Å²) < 4.78 is 14.2. The van der Waals surface area contributed by atoms with Gasteiger partial charge >= 0.3 is 0 Å². The van der Waals surface area contributed by atoms with Crippen molar-refractivity contribution >= 4 is 50.9 Å². The second-order valence-corrected chi connectivity index (χ2v) is 9.81. The molecule has 5 nitrogen and oxygen atoms in total. The fourth-order valence-corrected chi connectivity index (χ4v) is 5.05. The molecule has 8 heteroatoms. The first kappa shape index (κ1) is 23.7. The third kappa shape index (κ3) is 5.22. The molecule has 2 amide bonds. The molecule has 34 heavy (non-hydrogen) atoms. The monoisotopic (exact) mass is 535 g/mol. The van der Waals surface area contributed by atoms with Crippen LogP contribution in [0.25, 0.3) is 0 Å². The Morgan fingerprint density at radius 2 is 1.74 bits per heavy atom. The van der Waals surface area contributed by atoms with Crippen molar-refractivity contribution in [3.63, 3.8) is 0 Å². The number of benzene rings is 3. The van der Waals surface area contributed by atoms with Crippen LogP contribution in [-0.2, 0) is 16.0 Å². The van der Waals surface area contributed by atoms with Gasteiger partial charge in [-0.1, -0.05) is 57.5 Å². The zero-order valence-electron chi connectivity index (χ0n) is 18.1. The predicted molar refractivity (Wildman–Crippen MR) is 136 cm³/mol. The molecule has 0 aromatic heterocycles. The number of carbonyl (C=O) groups excluding carboxylic acids is 2. The van der Waals surface area contributed by atoms with Gasteiger partial charge < -0.3 is 5.32 Å². The zero-order chi connectivity index (χ0) is 24.2. The summed E-state index contributed by atoms with van der Waals surface area (Å²) in [4.78, 5) is 27.9. The van der Waals surface area contributed by atoms with Crippen LogP contribution in [-0.4, -0.2) is 17.1 Å². The van der Waals surface area contributed by atoms with E-state index in [1.807, 2.05) is 25.1 Å². The topological polar surface area (TPSA) is 73.2 Å². The molecule has 0 spiro atoms. The van der Waals surface area contributed by atoms with Gasteiger partial charge in [0.25, 0.3) is 5.91 Å². The number of amides is 2. The van der Waals surface area contributed by atoms with Crippen LogP contribution in [0.1, 0.15) is 11.1 Å². The van der Waals surface area contributed by atoms with Crippen molar-refractivity contribution in [2.24, 2.45) is 0 Å². The van der Waals surface area contributed by atoms with Gasteiger partial charge in [0.15, 0.2) is 0 Å². The van der Waals surface area contributed by atoms with E-state index in [9.17, 15) is 19.2 Å². The van der Waals surface area contributed by atoms with Crippen LogP contribution in [0.2, 0.25) is 0 Å². The molecule has 0 radical (unpaired) electrons. The standard InChI is InChI=1S/C26H19BrFN3O2S/c1-16-2-10-20(11-3-16)30-24(32)22(15-29)26-31(21-12-6-18(27)7-13-21)25(33)23(34-26)14-17-4-8-19(28)9-5-17/h2-13,23H,14H2,1H3,(H,30,32)/b26-22-. The van der Waals surface area contributed by atoms with Crippen molar-refractivity contribution in [3.8, 4) is 6.07 Å². The molecule has 1 heterocycles. The number of rotatable bonds is 5. The van der Waals surface area contributed by atoms with Gasteiger partial charge in [-0.05, 0) is 67.4 Å². The first-order valence-corrected chi connectivity index (χ1v) is 12.1. The highest BCUT2D eigenvalue weighted by Crippen LogP contribution is 2.42. The lowest BCUT2D eigenvalue weighted by atomic mass is 10.1. The minimum Gasteiger partial charge on any atom is -0.321 e. The Balaban J connectivity index is 1.71. The quantitative estimate of drug-likeness (QED) is 0.323. The molecule has 1 aliphatic rings. The Morgan fingerprint density at radius 3 is 2.35 bits per heavy atom. The van der Waals surface area contributed by atoms with Crippen LogP contribution >= 0.6 is 27.7 Å². The van der Waals surface area contributed by atoms with E-state index >= 15 is 0 Å². The van der Waals surface area contributed by atoms with Gasteiger partial charge in [-0.3, -0.25) is 14.5 Å². The van der Waals surface area contributed by atoms with Gasteiger partial charge in [-0.15, -0.1) is 0 Å². The highest BCUT2D eigenvalue weighted by Gasteiger charge is 2.40. The van der Waals surface area contributed by atoms with E-state index in [0.29, 0.717) is 17.8 Å². The third-order valence-electron chi connectivity index (χ3n) is 5.23. The fraction of sp³-hybridized carbons (Fsp3) is 0.115. The number of aryl methyl sites for hydroxylation is 1. The molecule has 1 N–H and O–H groups in total. The average molecular weight is 536 g/mol. The first-order chi connectivity index (χ1) is 16.4. The summed E-state index contributed by atoms with van der Waals surface area (Å²) in [6.45, 7) is 1.94. The van der Waals surface area contributed by atoms with Crippen LogP contribution in [0.5, 0.6) is 0 Å². The van der Waals surface area contributed by atoms with Crippen molar-refractivity contribution in [2.75, 3.05) is 10.2 Å². The molecular formula is C26H19BrFN3O2S. The number of hydrogen-bond acceptors (Lipinski definition) is 4. The summed E-state index contributed by atoms with van der Waals surface area (Å²) in [7, 11) is 0. The van der Waals surface area contributed by atoms with Gasteiger partial charge in [0.2, 0.25) is 5.91 Å². The van der Waals surface area contributed by atoms with E-state index < -0.39 is 11.2 Å². The third-order valence-corrected chi connectivity index (χ3v) is 7.03. The molecule has 1 unspecified atom stereocenters. The minimum absolute atomic E-state index is 0.150. The lowest BCUT2D eigenvalue weighted by Gasteiger charge is -2.19. The molecule has 0 aliphatic carbocycles. The molecule has 170 valence electrons. The smallest absolute Gasteiger partial charge is 0.269 e. The van der Waals surface area contributed by atoms with Crippen LogP contribution in [0.15, 0.2) is 87.9 Å². The molecule has 0 saturated carbocycles. The number of halogens is 2. The zero-order valence-corrected chi connectivity index (χ0v) is 20.5. The average Bonchev–Trinajstić information content (AvgIpc) is 3.13. The molecule has 3 aromatic rings. The van der Waals surface area contributed by atoms with E-state index in [2.05, 4.69) is 21.2 Å². The molecule has 1 saturated heterocycles. The van der Waals surface area contributed by atoms with Gasteiger partial charge in [0, 0.05) is 15.8 Å². The Morgan fingerprint density at radius 1 is 1.09 bits per heavy atom. The summed E-state index contributed by atoms with van der Waals surface area (Å²) in [5.74, 6) is -1.19. The largest absolute Gasteiger partial charge is 0.321 e. The van der Waals surface area contributed by atoms with Crippen molar-refractivity contribution in [1.82, 2.24) is 0 Å². The van der Waals surface area contributed by atoms with Gasteiger partial charge in [-0.2, -0.15) is 5.26 Å². The number of hydrogen-bond donors (Lipinski definition) is 1. The van der Waals surface area contributed by atoms with Crippen molar-refractivity contribution in [3.05, 3.63) is 105 Å². The van der Waals surface area contributed by atoms with Crippen molar-refractivity contribution in [1.29, 1.82) is 5.26 Å². The summed E-state index contributed by atoms with van der Waals surface area (Å²) in [5.41, 5.74) is 2.78. The number of anilines is 2. The van der Waals surface area contributed by atoms with Crippen LogP contribution in [0.3, 0.4) is 0 Å². The number of nitriles is 1. The van der Waals surface area contributed by atoms with Gasteiger partial charge in [0.1, 0.15) is 22.5 Å². The highest BCUT2D eigenvalue weighted by atomic mass is 79.9. The van der Waals surface area contributed by atoms with Crippen LogP contribution < -0.4 is 10.2 Å². The van der Waals surface area contributed by atoms with Crippen LogP contribution in [0.4, 0.5) is 15.8 Å². The Kier molecular flexibility index (Phi) is 7.15. The number of thioether (sulfide) groups is 1. The second-order valence-electron chi connectivity index (χ2n) is 7.70. The molecule has 1 fully saturated rings. The van der Waals surface area contributed by atoms with Crippen LogP contribution in [0, 0.1) is 24.1 Å². The molecule has 3 aromatic carbocycles. The van der Waals surface area contributed by atoms with Crippen molar-refractivity contribution in [2.45, 2.75) is 18.6 Å². The van der Waals surface area contributed by atoms with Gasteiger partial charge in [-0.25, -0.2) is 4.39 Å². The summed E-state index contributed by atoms with van der Waals surface area (Å²) in [5, 5.41) is 12.4. The van der Waals surface area contributed by atoms with E-state index in [-0.39, 0.29) is 22.3 Å². The minimum atomic E-state index is -0.591. The van der Waals surface area contributed by atoms with E-state index in [0.717, 1.165) is 15.6 Å². The summed E-state index contributed by atoms with van der Waals surface area (Å²) in [6, 6.07) is 22.2. The maximum atomic E-state index is 13.5. The first-order valence-electron chi connectivity index (χ1n) is 10.4. The lowest BCUT2D eigenvalue weighted by Crippen LogP contribution is -2.30. The molecule has 0 bridgehead atoms. The van der Waals surface area contributed by atoms with Crippen molar-refractivity contribution < 1.29 is 14.0 Å². The maximum absolute atomic E-state index is 13.5. The second kappa shape index (κ2) is 10.2. The molecule has 1 atom stereocenters. The molecular weight excluding hydrogens is 517 g/mol. The Bertz CT molecular complexity index is 1300. The normalized spacial score (nSPS) is 16.8. The number of nitrogens with zero attached hydrogens (tertiary/aromatic N) is 2. The number of carbonyl (C=O) groups is 2. The lowest BCUT2D eigenvalue weighted by molar-refractivity contribution is -0.117. The summed E-state index contributed by atoms with van der Waals surface area (Å²) in [6.07, 6.45) is 0.332. The Labute approximate surface area is 209 Å². The van der Waals surface area contributed by atoms with E-state index in [1.54, 1.807) is 48.5 Å². The highest BCUT2D eigenvalue weighted by molar-refractivity contribution is 9.10. The van der Waals surface area contributed by atoms with E-state index in [4.69, 9.17) is 0 Å². The van der Waals surface area contributed by atoms with E-state index in [1.165, 1.54) is 28.8 Å². The molecule has 1 aliphatic heterocycles.